The van der Waals surface area contributed by atoms with Gasteiger partial charge in [-0.15, -0.1) is 0 Å². The Labute approximate surface area is 103 Å². The van der Waals surface area contributed by atoms with Gasteiger partial charge in [0.15, 0.2) is 0 Å². The van der Waals surface area contributed by atoms with E-state index in [1.54, 1.807) is 7.11 Å². The lowest BCUT2D eigenvalue weighted by molar-refractivity contribution is 0.119. The topological polar surface area (TPSA) is 62.4 Å². The van der Waals surface area contributed by atoms with E-state index in [2.05, 4.69) is 16.0 Å². The zero-order valence-electron chi connectivity index (χ0n) is 10.6. The molecular formula is C12H23N3O2. The van der Waals surface area contributed by atoms with Gasteiger partial charge in [-0.05, 0) is 38.6 Å². The third kappa shape index (κ3) is 3.33. The summed E-state index contributed by atoms with van der Waals surface area (Å²) in [6.45, 7) is 2.30. The second-order valence-electron chi connectivity index (χ2n) is 5.20. The summed E-state index contributed by atoms with van der Waals surface area (Å²) in [6, 6.07) is 0.351. The molecule has 1 saturated carbocycles. The van der Waals surface area contributed by atoms with Gasteiger partial charge in [0.2, 0.25) is 0 Å². The Kier molecular flexibility index (Phi) is 4.23. The molecule has 98 valence electrons. The second kappa shape index (κ2) is 5.69. The molecule has 1 aliphatic heterocycles. The summed E-state index contributed by atoms with van der Waals surface area (Å²) in [5.74, 6) is 0. The van der Waals surface area contributed by atoms with Gasteiger partial charge in [0.1, 0.15) is 0 Å². The first-order chi connectivity index (χ1) is 8.24. The number of urea groups is 1. The molecule has 1 heterocycles. The van der Waals surface area contributed by atoms with Gasteiger partial charge < -0.3 is 20.7 Å². The van der Waals surface area contributed by atoms with Gasteiger partial charge in [0.25, 0.3) is 0 Å². The molecule has 0 spiro atoms. The highest BCUT2D eigenvalue weighted by Gasteiger charge is 2.34. The molecule has 0 aromatic carbocycles. The maximum atomic E-state index is 11.7. The molecule has 2 amide bonds. The summed E-state index contributed by atoms with van der Waals surface area (Å²) in [6.07, 6.45) is 5.68. The average Bonchev–Trinajstić information content (AvgIpc) is 2.71. The van der Waals surface area contributed by atoms with Crippen LogP contribution in [0.5, 0.6) is 0 Å². The monoisotopic (exact) mass is 241 g/mol. The van der Waals surface area contributed by atoms with Gasteiger partial charge in [-0.2, -0.15) is 0 Å². The Morgan fingerprint density at radius 3 is 2.82 bits per heavy atom. The Bertz CT molecular complexity index is 260. The molecule has 5 heteroatoms. The van der Waals surface area contributed by atoms with E-state index in [9.17, 15) is 4.79 Å². The molecule has 0 aromatic heterocycles. The van der Waals surface area contributed by atoms with Crippen LogP contribution in [-0.2, 0) is 4.74 Å². The zero-order chi connectivity index (χ0) is 12.1. The van der Waals surface area contributed by atoms with Crippen molar-refractivity contribution in [3.63, 3.8) is 0 Å². The van der Waals surface area contributed by atoms with Crippen molar-refractivity contribution in [2.45, 2.75) is 43.7 Å². The summed E-state index contributed by atoms with van der Waals surface area (Å²) in [5.41, 5.74) is -0.0638. The molecule has 0 bridgehead atoms. The van der Waals surface area contributed by atoms with E-state index in [0.29, 0.717) is 19.2 Å². The molecule has 0 radical (unpaired) electrons. The van der Waals surface area contributed by atoms with Gasteiger partial charge in [-0.1, -0.05) is 0 Å². The molecule has 5 nitrogen and oxygen atoms in total. The first-order valence-electron chi connectivity index (χ1n) is 6.52. The van der Waals surface area contributed by atoms with Crippen molar-refractivity contribution in [2.75, 3.05) is 26.8 Å². The first-order valence-corrected chi connectivity index (χ1v) is 6.52. The van der Waals surface area contributed by atoms with Crippen molar-refractivity contribution < 1.29 is 9.53 Å². The summed E-state index contributed by atoms with van der Waals surface area (Å²) in [4.78, 5) is 11.7. The standard InChI is InChI=1S/C12H23N3O2/c1-17-9-12(6-3-7-14-12)8-13-11(16)15-10-4-2-5-10/h10,14H,2-9H2,1H3,(H2,13,15,16). The van der Waals surface area contributed by atoms with E-state index >= 15 is 0 Å². The van der Waals surface area contributed by atoms with Gasteiger partial charge in [0, 0.05) is 19.7 Å². The molecule has 1 aliphatic carbocycles. The summed E-state index contributed by atoms with van der Waals surface area (Å²) in [5, 5.41) is 9.38. The third-order valence-electron chi connectivity index (χ3n) is 3.78. The molecular weight excluding hydrogens is 218 g/mol. The number of carbonyl (C=O) groups excluding carboxylic acids is 1. The van der Waals surface area contributed by atoms with Crippen molar-refractivity contribution in [1.29, 1.82) is 0 Å². The van der Waals surface area contributed by atoms with E-state index in [1.165, 1.54) is 6.42 Å². The lowest BCUT2D eigenvalue weighted by Crippen LogP contribution is -2.55. The van der Waals surface area contributed by atoms with Crippen LogP contribution < -0.4 is 16.0 Å². The maximum Gasteiger partial charge on any atom is 0.315 e. The molecule has 2 aliphatic rings. The van der Waals surface area contributed by atoms with Gasteiger partial charge >= 0.3 is 6.03 Å². The lowest BCUT2D eigenvalue weighted by Gasteiger charge is -2.31. The quantitative estimate of drug-likeness (QED) is 0.661. The van der Waals surface area contributed by atoms with Crippen molar-refractivity contribution in [3.8, 4) is 0 Å². The molecule has 1 atom stereocenters. The fourth-order valence-electron chi connectivity index (χ4n) is 2.51. The van der Waals surface area contributed by atoms with Crippen molar-refractivity contribution in [2.24, 2.45) is 0 Å². The fourth-order valence-corrected chi connectivity index (χ4v) is 2.51. The van der Waals surface area contributed by atoms with E-state index in [0.717, 1.165) is 32.2 Å². The Morgan fingerprint density at radius 1 is 1.47 bits per heavy atom. The fraction of sp³-hybridized carbons (Fsp3) is 0.917. The molecule has 17 heavy (non-hydrogen) atoms. The van der Waals surface area contributed by atoms with E-state index < -0.39 is 0 Å². The molecule has 2 rings (SSSR count). The van der Waals surface area contributed by atoms with Crippen LogP contribution in [0.2, 0.25) is 0 Å². The van der Waals surface area contributed by atoms with Crippen LogP contribution in [-0.4, -0.2) is 44.4 Å². The van der Waals surface area contributed by atoms with Crippen LogP contribution in [0.25, 0.3) is 0 Å². The largest absolute Gasteiger partial charge is 0.383 e. The predicted octanol–water partition coefficient (Wildman–Crippen LogP) is 0.607. The van der Waals surface area contributed by atoms with Crippen LogP contribution in [0.15, 0.2) is 0 Å². The summed E-state index contributed by atoms with van der Waals surface area (Å²) < 4.78 is 5.24. The SMILES string of the molecule is COCC1(CNC(=O)NC2CCC2)CCCN1. The van der Waals surface area contributed by atoms with Gasteiger partial charge in [-0.25, -0.2) is 4.79 Å². The van der Waals surface area contributed by atoms with Crippen LogP contribution in [0.1, 0.15) is 32.1 Å². The van der Waals surface area contributed by atoms with Crippen molar-refractivity contribution in [3.05, 3.63) is 0 Å². The first kappa shape index (κ1) is 12.6. The third-order valence-corrected chi connectivity index (χ3v) is 3.78. The van der Waals surface area contributed by atoms with Gasteiger partial charge in [0.05, 0.1) is 12.1 Å². The molecule has 3 N–H and O–H groups in total. The minimum absolute atomic E-state index is 0.0427. The highest BCUT2D eigenvalue weighted by Crippen LogP contribution is 2.19. The number of carbonyl (C=O) groups is 1. The maximum absolute atomic E-state index is 11.7. The average molecular weight is 241 g/mol. The van der Waals surface area contributed by atoms with E-state index in [-0.39, 0.29) is 11.6 Å². The Hall–Kier alpha value is -0.810. The van der Waals surface area contributed by atoms with Crippen LogP contribution >= 0.6 is 0 Å². The normalized spacial score (nSPS) is 28.8. The molecule has 0 aromatic rings. The number of amides is 2. The Morgan fingerprint density at radius 2 is 2.29 bits per heavy atom. The molecule has 1 saturated heterocycles. The van der Waals surface area contributed by atoms with Crippen molar-refractivity contribution in [1.82, 2.24) is 16.0 Å². The zero-order valence-corrected chi connectivity index (χ0v) is 10.6. The minimum atomic E-state index is -0.0638. The van der Waals surface area contributed by atoms with E-state index in [1.807, 2.05) is 0 Å². The number of hydrogen-bond donors (Lipinski definition) is 3. The predicted molar refractivity (Wildman–Crippen MR) is 66.0 cm³/mol. The van der Waals surface area contributed by atoms with Crippen LogP contribution in [0.4, 0.5) is 4.79 Å². The van der Waals surface area contributed by atoms with Gasteiger partial charge in [-0.3, -0.25) is 0 Å². The number of ether oxygens (including phenoxy) is 1. The minimum Gasteiger partial charge on any atom is -0.383 e. The number of nitrogens with one attached hydrogen (secondary N) is 3. The number of hydrogen-bond acceptors (Lipinski definition) is 3. The second-order valence-corrected chi connectivity index (χ2v) is 5.20. The number of rotatable bonds is 5. The summed E-state index contributed by atoms with van der Waals surface area (Å²) >= 11 is 0. The highest BCUT2D eigenvalue weighted by atomic mass is 16.5. The molecule has 2 fully saturated rings. The van der Waals surface area contributed by atoms with E-state index in [4.69, 9.17) is 4.74 Å². The molecule has 1 unspecified atom stereocenters. The highest BCUT2D eigenvalue weighted by molar-refractivity contribution is 5.74. The lowest BCUT2D eigenvalue weighted by atomic mass is 9.93. The number of methoxy groups -OCH3 is 1. The Balaban J connectivity index is 1.72. The smallest absolute Gasteiger partial charge is 0.315 e. The van der Waals surface area contributed by atoms with Crippen LogP contribution in [0.3, 0.4) is 0 Å². The van der Waals surface area contributed by atoms with Crippen molar-refractivity contribution >= 4 is 6.03 Å². The summed E-state index contributed by atoms with van der Waals surface area (Å²) in [7, 11) is 1.70. The van der Waals surface area contributed by atoms with Crippen LogP contribution in [0, 0.1) is 0 Å².